The van der Waals surface area contributed by atoms with E-state index < -0.39 is 0 Å². The SMILES string of the molecule is CCCCCCc1c(C)c2ccc(O)c(CN3C[C@H]4C[C@@H](C3)c3cccc(=O)n3C4)c2oc1=O. The molecule has 34 heavy (non-hydrogen) atoms. The molecule has 1 aromatic carbocycles. The van der Waals surface area contributed by atoms with Gasteiger partial charge in [-0.15, -0.1) is 0 Å². The van der Waals surface area contributed by atoms with Gasteiger partial charge in [0.2, 0.25) is 0 Å². The zero-order chi connectivity index (χ0) is 23.8. The lowest BCUT2D eigenvalue weighted by atomic mass is 9.83. The first-order valence-corrected chi connectivity index (χ1v) is 12.7. The standard InChI is InChI=1S/C28H34N2O4/c1-3-4-5-6-8-22-18(2)21-11-12-25(31)23(27(21)34-28(22)33)17-29-14-19-13-20(16-29)24-9-7-10-26(32)30(24)15-19/h7,9-12,19-20,31H,3-6,8,13-17H2,1-2H3/t19-,20+/m1/s1. The molecule has 0 radical (unpaired) electrons. The Hall–Kier alpha value is -2.86. The summed E-state index contributed by atoms with van der Waals surface area (Å²) in [6.07, 6.45) is 6.24. The average Bonchev–Trinajstić information content (AvgIpc) is 2.81. The molecule has 1 fully saturated rings. The number of aryl methyl sites for hydroxylation is 1. The van der Waals surface area contributed by atoms with Crippen LogP contribution in [0.1, 0.15) is 67.3 Å². The normalized spacial score (nSPS) is 19.9. The van der Waals surface area contributed by atoms with Crippen molar-refractivity contribution in [3.63, 3.8) is 0 Å². The average molecular weight is 463 g/mol. The summed E-state index contributed by atoms with van der Waals surface area (Å²) >= 11 is 0. The summed E-state index contributed by atoms with van der Waals surface area (Å²) in [6.45, 7) is 7.10. The molecule has 180 valence electrons. The predicted molar refractivity (Wildman–Crippen MR) is 134 cm³/mol. The largest absolute Gasteiger partial charge is 0.507 e. The molecule has 6 heteroatoms. The molecule has 2 atom stereocenters. The van der Waals surface area contributed by atoms with E-state index in [2.05, 4.69) is 17.9 Å². The van der Waals surface area contributed by atoms with E-state index in [4.69, 9.17) is 4.42 Å². The van der Waals surface area contributed by atoms with E-state index in [1.54, 1.807) is 12.1 Å². The Morgan fingerprint density at radius 2 is 1.88 bits per heavy atom. The van der Waals surface area contributed by atoms with Gasteiger partial charge in [-0.25, -0.2) is 4.79 Å². The second-order valence-corrected chi connectivity index (χ2v) is 10.1. The Labute approximate surface area is 199 Å². The van der Waals surface area contributed by atoms with E-state index in [0.717, 1.165) is 73.9 Å². The van der Waals surface area contributed by atoms with Crippen molar-refractivity contribution in [1.82, 2.24) is 9.47 Å². The van der Waals surface area contributed by atoms with Gasteiger partial charge in [0.15, 0.2) is 0 Å². The number of rotatable bonds is 7. The Morgan fingerprint density at radius 3 is 2.71 bits per heavy atom. The molecule has 2 aromatic heterocycles. The lowest BCUT2D eigenvalue weighted by Gasteiger charge is -2.42. The Morgan fingerprint density at radius 1 is 1.03 bits per heavy atom. The van der Waals surface area contributed by atoms with Crippen molar-refractivity contribution in [3.8, 4) is 5.75 Å². The predicted octanol–water partition coefficient (Wildman–Crippen LogP) is 4.71. The van der Waals surface area contributed by atoms with Gasteiger partial charge >= 0.3 is 5.63 Å². The highest BCUT2D eigenvalue weighted by Crippen LogP contribution is 2.37. The summed E-state index contributed by atoms with van der Waals surface area (Å²) in [5.74, 6) is 0.854. The van der Waals surface area contributed by atoms with Crippen LogP contribution in [0.3, 0.4) is 0 Å². The fraction of sp³-hybridized carbons (Fsp3) is 0.500. The number of hydrogen-bond acceptors (Lipinski definition) is 5. The minimum Gasteiger partial charge on any atom is -0.507 e. The number of aromatic nitrogens is 1. The lowest BCUT2D eigenvalue weighted by Crippen LogP contribution is -2.46. The van der Waals surface area contributed by atoms with Crippen molar-refractivity contribution in [2.45, 2.75) is 71.4 Å². The third-order valence-electron chi connectivity index (χ3n) is 7.75. The van der Waals surface area contributed by atoms with Crippen molar-refractivity contribution in [3.05, 3.63) is 73.5 Å². The van der Waals surface area contributed by atoms with Gasteiger partial charge in [0.25, 0.3) is 5.56 Å². The number of hydrogen-bond donors (Lipinski definition) is 1. The molecule has 5 rings (SSSR count). The number of pyridine rings is 1. The van der Waals surface area contributed by atoms with Crippen LogP contribution in [0.5, 0.6) is 5.75 Å². The number of piperidine rings is 1. The van der Waals surface area contributed by atoms with Gasteiger partial charge < -0.3 is 14.1 Å². The molecule has 6 nitrogen and oxygen atoms in total. The van der Waals surface area contributed by atoms with E-state index in [0.29, 0.717) is 29.5 Å². The van der Waals surface area contributed by atoms with Crippen LogP contribution in [-0.4, -0.2) is 27.7 Å². The quantitative estimate of drug-likeness (QED) is 0.407. The summed E-state index contributed by atoms with van der Waals surface area (Å²) in [4.78, 5) is 27.6. The maximum absolute atomic E-state index is 12.9. The molecule has 0 aliphatic carbocycles. The number of unbranched alkanes of at least 4 members (excludes halogenated alkanes) is 3. The molecule has 2 aliphatic rings. The van der Waals surface area contributed by atoms with Crippen LogP contribution in [0.2, 0.25) is 0 Å². The van der Waals surface area contributed by atoms with E-state index in [-0.39, 0.29) is 16.9 Å². The van der Waals surface area contributed by atoms with Crippen molar-refractivity contribution in [1.29, 1.82) is 0 Å². The number of aromatic hydroxyl groups is 1. The topological polar surface area (TPSA) is 75.7 Å². The van der Waals surface area contributed by atoms with Gasteiger partial charge in [0, 0.05) is 54.8 Å². The highest BCUT2D eigenvalue weighted by atomic mass is 16.4. The highest BCUT2D eigenvalue weighted by Gasteiger charge is 2.35. The summed E-state index contributed by atoms with van der Waals surface area (Å²) in [5.41, 5.74) is 3.81. The molecule has 0 spiro atoms. The molecular formula is C28H34N2O4. The minimum absolute atomic E-state index is 0.0788. The zero-order valence-electron chi connectivity index (χ0n) is 20.2. The van der Waals surface area contributed by atoms with Crippen LogP contribution < -0.4 is 11.2 Å². The van der Waals surface area contributed by atoms with Crippen LogP contribution >= 0.6 is 0 Å². The van der Waals surface area contributed by atoms with Gasteiger partial charge in [-0.2, -0.15) is 0 Å². The molecule has 2 bridgehead atoms. The third kappa shape index (κ3) is 4.20. The van der Waals surface area contributed by atoms with E-state index in [1.165, 1.54) is 6.42 Å². The Kier molecular flexibility index (Phi) is 6.34. The summed E-state index contributed by atoms with van der Waals surface area (Å²) in [5, 5.41) is 11.7. The number of nitrogens with zero attached hydrogens (tertiary/aromatic N) is 2. The van der Waals surface area contributed by atoms with Crippen LogP contribution in [0.4, 0.5) is 0 Å². The summed E-state index contributed by atoms with van der Waals surface area (Å²) in [7, 11) is 0. The van der Waals surface area contributed by atoms with Gasteiger partial charge in [0.1, 0.15) is 11.3 Å². The van der Waals surface area contributed by atoms with Crippen molar-refractivity contribution < 1.29 is 9.52 Å². The second kappa shape index (κ2) is 9.41. The fourth-order valence-corrected chi connectivity index (χ4v) is 6.02. The minimum atomic E-state index is -0.280. The van der Waals surface area contributed by atoms with Gasteiger partial charge in [-0.05, 0) is 55.9 Å². The number of phenolic OH excluding ortho intramolecular Hbond substituents is 1. The monoisotopic (exact) mass is 462 g/mol. The first-order valence-electron chi connectivity index (χ1n) is 12.7. The summed E-state index contributed by atoms with van der Waals surface area (Å²) < 4.78 is 7.79. The molecule has 2 aliphatic heterocycles. The zero-order valence-corrected chi connectivity index (χ0v) is 20.2. The third-order valence-corrected chi connectivity index (χ3v) is 7.75. The van der Waals surface area contributed by atoms with Crippen LogP contribution in [-0.2, 0) is 19.5 Å². The molecule has 0 unspecified atom stereocenters. The van der Waals surface area contributed by atoms with Gasteiger partial charge in [-0.3, -0.25) is 9.69 Å². The molecule has 0 saturated carbocycles. The molecule has 3 aromatic rings. The van der Waals surface area contributed by atoms with Gasteiger partial charge in [-0.1, -0.05) is 32.3 Å². The molecular weight excluding hydrogens is 428 g/mol. The molecule has 4 heterocycles. The number of benzene rings is 1. The fourth-order valence-electron chi connectivity index (χ4n) is 6.02. The van der Waals surface area contributed by atoms with Crippen molar-refractivity contribution in [2.24, 2.45) is 5.92 Å². The van der Waals surface area contributed by atoms with Crippen molar-refractivity contribution >= 4 is 11.0 Å². The number of likely N-dealkylation sites (tertiary alicyclic amines) is 1. The van der Waals surface area contributed by atoms with Crippen LogP contribution in [0.15, 0.2) is 44.3 Å². The Balaban J connectivity index is 1.44. The molecule has 1 saturated heterocycles. The van der Waals surface area contributed by atoms with Crippen molar-refractivity contribution in [2.75, 3.05) is 13.1 Å². The highest BCUT2D eigenvalue weighted by molar-refractivity contribution is 5.85. The van der Waals surface area contributed by atoms with E-state index in [1.807, 2.05) is 23.6 Å². The van der Waals surface area contributed by atoms with E-state index in [9.17, 15) is 14.7 Å². The van der Waals surface area contributed by atoms with Gasteiger partial charge in [0.05, 0.1) is 5.56 Å². The lowest BCUT2D eigenvalue weighted by molar-refractivity contribution is 0.113. The molecule has 1 N–H and O–H groups in total. The number of fused-ring (bicyclic) bond motifs is 5. The first-order chi connectivity index (χ1) is 16.5. The van der Waals surface area contributed by atoms with Crippen LogP contribution in [0, 0.1) is 12.8 Å². The molecule has 0 amide bonds. The first kappa shape index (κ1) is 22.9. The van der Waals surface area contributed by atoms with E-state index >= 15 is 0 Å². The van der Waals surface area contributed by atoms with Crippen LogP contribution in [0.25, 0.3) is 11.0 Å². The Bertz CT molecular complexity index is 1320. The second-order valence-electron chi connectivity index (χ2n) is 10.1. The summed E-state index contributed by atoms with van der Waals surface area (Å²) in [6, 6.07) is 9.15. The maximum atomic E-state index is 12.9. The smallest absolute Gasteiger partial charge is 0.339 e. The number of phenols is 1. The maximum Gasteiger partial charge on any atom is 0.339 e.